The molecule has 0 fully saturated rings. The Kier molecular flexibility index (Phi) is 5.30. The number of methoxy groups -OCH3 is 1. The van der Waals surface area contributed by atoms with Crippen LogP contribution in [0.4, 0.5) is 0 Å². The zero-order valence-corrected chi connectivity index (χ0v) is 15.7. The van der Waals surface area contributed by atoms with E-state index >= 15 is 0 Å². The van der Waals surface area contributed by atoms with Gasteiger partial charge in [0.25, 0.3) is 0 Å². The number of benzene rings is 1. The maximum Gasteiger partial charge on any atom is 0.212 e. The fourth-order valence-electron chi connectivity index (χ4n) is 3.11. The van der Waals surface area contributed by atoms with Gasteiger partial charge in [-0.15, -0.1) is 0 Å². The van der Waals surface area contributed by atoms with Crippen LogP contribution in [0, 0.1) is 0 Å². The molecule has 1 aromatic heterocycles. The number of para-hydroxylation sites is 1. The van der Waals surface area contributed by atoms with Gasteiger partial charge in [0.2, 0.25) is 5.88 Å². The van der Waals surface area contributed by atoms with E-state index in [-0.39, 0.29) is 11.6 Å². The highest BCUT2D eigenvalue weighted by atomic mass is 16.5. The molecule has 0 aliphatic carbocycles. The predicted molar refractivity (Wildman–Crippen MR) is 103 cm³/mol. The molecule has 26 heavy (non-hydrogen) atoms. The van der Waals surface area contributed by atoms with E-state index in [9.17, 15) is 0 Å². The van der Waals surface area contributed by atoms with E-state index in [0.717, 1.165) is 29.3 Å². The van der Waals surface area contributed by atoms with Crippen molar-refractivity contribution in [1.29, 1.82) is 0 Å². The number of nitrogens with zero attached hydrogens (tertiary/aromatic N) is 2. The third-order valence-corrected chi connectivity index (χ3v) is 4.38. The van der Waals surface area contributed by atoms with E-state index in [0.29, 0.717) is 12.4 Å². The zero-order valence-electron chi connectivity index (χ0n) is 15.7. The summed E-state index contributed by atoms with van der Waals surface area (Å²) in [4.78, 5) is 8.59. The van der Waals surface area contributed by atoms with Crippen molar-refractivity contribution in [2.75, 3.05) is 14.2 Å². The number of pyridine rings is 1. The lowest BCUT2D eigenvalue weighted by atomic mass is 9.90. The van der Waals surface area contributed by atoms with Crippen LogP contribution in [0.2, 0.25) is 0 Å². The summed E-state index contributed by atoms with van der Waals surface area (Å²) in [6.45, 7) is 4.85. The lowest BCUT2D eigenvalue weighted by molar-refractivity contribution is 0.0694. The number of hydrogen-bond acceptors (Lipinski definition) is 4. The lowest BCUT2D eigenvalue weighted by Crippen LogP contribution is -2.45. The average Bonchev–Trinajstić information content (AvgIpc) is 2.64. The number of ether oxygens (including phenoxy) is 2. The van der Waals surface area contributed by atoms with E-state index < -0.39 is 0 Å². The van der Waals surface area contributed by atoms with E-state index in [1.165, 1.54) is 0 Å². The molecule has 1 aliphatic heterocycles. The average molecular weight is 354 g/mol. The second kappa shape index (κ2) is 7.64. The Morgan fingerprint density at radius 2 is 2.12 bits per heavy atom. The molecule has 6 nitrogen and oxygen atoms in total. The Labute approximate surface area is 154 Å². The van der Waals surface area contributed by atoms with Gasteiger partial charge in [-0.1, -0.05) is 24.3 Å². The summed E-state index contributed by atoms with van der Waals surface area (Å²) in [5, 5.41) is 6.87. The van der Waals surface area contributed by atoms with Crippen LogP contribution < -0.4 is 20.1 Å². The van der Waals surface area contributed by atoms with Gasteiger partial charge in [0.05, 0.1) is 13.2 Å². The number of aliphatic imine (C=N–C) groups is 1. The summed E-state index contributed by atoms with van der Waals surface area (Å²) in [6.07, 6.45) is 2.65. The molecule has 3 rings (SSSR count). The van der Waals surface area contributed by atoms with Gasteiger partial charge in [-0.2, -0.15) is 0 Å². The van der Waals surface area contributed by atoms with Gasteiger partial charge in [-0.3, -0.25) is 4.99 Å². The minimum atomic E-state index is -0.231. The molecule has 1 aliphatic rings. The Hall–Kier alpha value is -2.76. The second-order valence-corrected chi connectivity index (χ2v) is 6.94. The Morgan fingerprint density at radius 3 is 2.81 bits per heavy atom. The van der Waals surface area contributed by atoms with Crippen molar-refractivity contribution in [2.24, 2.45) is 4.99 Å². The van der Waals surface area contributed by atoms with Crippen molar-refractivity contribution in [1.82, 2.24) is 15.6 Å². The van der Waals surface area contributed by atoms with E-state index in [4.69, 9.17) is 9.47 Å². The predicted octanol–water partition coefficient (Wildman–Crippen LogP) is 3.06. The Balaban J connectivity index is 1.68. The first-order chi connectivity index (χ1) is 12.5. The molecule has 2 N–H and O–H groups in total. The Bertz CT molecular complexity index is 772. The number of rotatable bonds is 4. The van der Waals surface area contributed by atoms with Crippen LogP contribution in [-0.4, -0.2) is 30.7 Å². The third kappa shape index (κ3) is 4.25. The molecule has 0 amide bonds. The minimum Gasteiger partial charge on any atom is -0.487 e. The van der Waals surface area contributed by atoms with Gasteiger partial charge in [0, 0.05) is 37.8 Å². The molecule has 0 bridgehead atoms. The molecule has 2 aromatic rings. The molecule has 0 radical (unpaired) electrons. The summed E-state index contributed by atoms with van der Waals surface area (Å²) >= 11 is 0. The van der Waals surface area contributed by atoms with Crippen molar-refractivity contribution in [2.45, 2.75) is 38.5 Å². The first kappa shape index (κ1) is 18.0. The monoisotopic (exact) mass is 354 g/mol. The van der Waals surface area contributed by atoms with Gasteiger partial charge < -0.3 is 20.1 Å². The van der Waals surface area contributed by atoms with E-state index in [1.54, 1.807) is 20.4 Å². The number of nitrogens with one attached hydrogen (secondary N) is 2. The highest BCUT2D eigenvalue weighted by molar-refractivity contribution is 5.80. The highest BCUT2D eigenvalue weighted by Gasteiger charge is 2.33. The highest BCUT2D eigenvalue weighted by Crippen LogP contribution is 2.39. The minimum absolute atomic E-state index is 0.134. The van der Waals surface area contributed by atoms with Gasteiger partial charge in [-0.05, 0) is 25.5 Å². The van der Waals surface area contributed by atoms with Gasteiger partial charge in [0.15, 0.2) is 5.96 Å². The van der Waals surface area contributed by atoms with E-state index in [2.05, 4.69) is 40.5 Å². The van der Waals surface area contributed by atoms with Crippen molar-refractivity contribution in [3.8, 4) is 11.6 Å². The van der Waals surface area contributed by atoms with Crippen molar-refractivity contribution in [3.63, 3.8) is 0 Å². The normalized spacial score (nSPS) is 18.5. The molecule has 6 heteroatoms. The van der Waals surface area contributed by atoms with Crippen LogP contribution in [-0.2, 0) is 6.54 Å². The molecule has 0 saturated heterocycles. The first-order valence-corrected chi connectivity index (χ1v) is 8.75. The molecule has 1 atom stereocenters. The van der Waals surface area contributed by atoms with Crippen LogP contribution in [0.15, 0.2) is 47.6 Å². The molecular formula is C20H26N4O2. The molecule has 0 saturated carbocycles. The lowest BCUT2D eigenvalue weighted by Gasteiger charge is -2.38. The molecule has 0 spiro atoms. The number of hydrogen-bond donors (Lipinski definition) is 2. The Morgan fingerprint density at radius 1 is 1.31 bits per heavy atom. The maximum atomic E-state index is 6.10. The van der Waals surface area contributed by atoms with Crippen LogP contribution >= 0.6 is 0 Å². The zero-order chi connectivity index (χ0) is 18.6. The summed E-state index contributed by atoms with van der Waals surface area (Å²) < 4.78 is 11.2. The van der Waals surface area contributed by atoms with Crippen LogP contribution in [0.3, 0.4) is 0 Å². The quantitative estimate of drug-likeness (QED) is 0.652. The van der Waals surface area contributed by atoms with Crippen LogP contribution in [0.1, 0.15) is 37.4 Å². The van der Waals surface area contributed by atoms with Crippen molar-refractivity contribution in [3.05, 3.63) is 53.7 Å². The maximum absolute atomic E-state index is 6.10. The number of guanidine groups is 1. The number of aromatic nitrogens is 1. The fourth-order valence-corrected chi connectivity index (χ4v) is 3.11. The van der Waals surface area contributed by atoms with Crippen LogP contribution in [0.25, 0.3) is 0 Å². The van der Waals surface area contributed by atoms with Gasteiger partial charge in [0.1, 0.15) is 11.4 Å². The molecule has 2 heterocycles. The third-order valence-electron chi connectivity index (χ3n) is 4.38. The smallest absolute Gasteiger partial charge is 0.212 e. The van der Waals surface area contributed by atoms with Crippen molar-refractivity contribution >= 4 is 5.96 Å². The van der Waals surface area contributed by atoms with Crippen molar-refractivity contribution < 1.29 is 9.47 Å². The first-order valence-electron chi connectivity index (χ1n) is 8.75. The largest absolute Gasteiger partial charge is 0.487 e. The summed E-state index contributed by atoms with van der Waals surface area (Å²) in [5.74, 6) is 2.28. The topological polar surface area (TPSA) is 67.8 Å². The summed E-state index contributed by atoms with van der Waals surface area (Å²) in [6, 6.07) is 12.1. The van der Waals surface area contributed by atoms with Gasteiger partial charge in [-0.25, -0.2) is 4.98 Å². The van der Waals surface area contributed by atoms with Crippen LogP contribution in [0.5, 0.6) is 11.6 Å². The second-order valence-electron chi connectivity index (χ2n) is 6.94. The SMILES string of the molecule is CN=C(NCc1ccc(OC)nc1)NC1CC(C)(C)Oc2ccccc21. The molecule has 138 valence electrons. The number of fused-ring (bicyclic) bond motifs is 1. The molecular weight excluding hydrogens is 328 g/mol. The molecule has 1 aromatic carbocycles. The fraction of sp³-hybridized carbons (Fsp3) is 0.400. The molecule has 1 unspecified atom stereocenters. The standard InChI is InChI=1S/C20H26N4O2/c1-20(2)11-16(15-7-5-6-8-17(15)26-20)24-19(21-3)23-13-14-9-10-18(25-4)22-12-14/h5-10,12,16H,11,13H2,1-4H3,(H2,21,23,24). The van der Waals surface area contributed by atoms with E-state index in [1.807, 2.05) is 30.3 Å². The van der Waals surface area contributed by atoms with Gasteiger partial charge >= 0.3 is 0 Å². The summed E-state index contributed by atoms with van der Waals surface area (Å²) in [5.41, 5.74) is 1.98. The summed E-state index contributed by atoms with van der Waals surface area (Å²) in [7, 11) is 3.39.